The number of hydrogen-bond acceptors (Lipinski definition) is 6. The van der Waals surface area contributed by atoms with Crippen molar-refractivity contribution in [2.75, 3.05) is 31.6 Å². The standard InChI is InChI=1S/C17H18N2O6S2/c1-11-15(27(23,24)19-6-8-25-9-7-19)10-14(26-11)16(20)18-13-5-3-2-4-12(13)17(21)22/h2-5,10H,6-9H2,1H3,(H,18,20)(H,21,22). The Hall–Kier alpha value is -2.27. The van der Waals surface area contributed by atoms with Gasteiger partial charge >= 0.3 is 5.97 Å². The molecule has 3 rings (SSSR count). The number of anilines is 1. The highest BCUT2D eigenvalue weighted by Crippen LogP contribution is 2.29. The Balaban J connectivity index is 1.86. The molecule has 1 aliphatic rings. The summed E-state index contributed by atoms with van der Waals surface area (Å²) in [6, 6.07) is 7.36. The molecule has 1 aromatic carbocycles. The van der Waals surface area contributed by atoms with E-state index in [2.05, 4.69) is 5.32 Å². The smallest absolute Gasteiger partial charge is 0.337 e. The van der Waals surface area contributed by atoms with E-state index >= 15 is 0 Å². The highest BCUT2D eigenvalue weighted by molar-refractivity contribution is 7.89. The maximum Gasteiger partial charge on any atom is 0.337 e. The van der Waals surface area contributed by atoms with Crippen molar-refractivity contribution >= 4 is 38.9 Å². The van der Waals surface area contributed by atoms with Crippen molar-refractivity contribution in [3.05, 3.63) is 45.6 Å². The molecule has 10 heteroatoms. The summed E-state index contributed by atoms with van der Waals surface area (Å²) in [5, 5.41) is 11.7. The van der Waals surface area contributed by atoms with E-state index in [0.29, 0.717) is 18.1 Å². The lowest BCUT2D eigenvalue weighted by atomic mass is 10.2. The molecule has 0 saturated carbocycles. The van der Waals surface area contributed by atoms with Crippen molar-refractivity contribution in [3.8, 4) is 0 Å². The van der Waals surface area contributed by atoms with Crippen LogP contribution in [0.2, 0.25) is 0 Å². The number of aryl methyl sites for hydroxylation is 1. The number of nitrogens with one attached hydrogen (secondary N) is 1. The second kappa shape index (κ2) is 7.77. The first-order valence-corrected chi connectivity index (χ1v) is 10.4. The first kappa shape index (κ1) is 19.5. The molecule has 8 nitrogen and oxygen atoms in total. The van der Waals surface area contributed by atoms with Crippen molar-refractivity contribution in [2.24, 2.45) is 0 Å². The van der Waals surface area contributed by atoms with Crippen LogP contribution in [-0.2, 0) is 14.8 Å². The zero-order valence-corrected chi connectivity index (χ0v) is 16.1. The predicted octanol–water partition coefficient (Wildman–Crippen LogP) is 2.03. The first-order valence-electron chi connectivity index (χ1n) is 8.12. The summed E-state index contributed by atoms with van der Waals surface area (Å²) in [6.07, 6.45) is 0. The Kier molecular flexibility index (Phi) is 5.61. The second-order valence-corrected chi connectivity index (χ2v) is 9.02. The number of ether oxygens (including phenoxy) is 1. The average molecular weight is 410 g/mol. The molecule has 1 amide bonds. The van der Waals surface area contributed by atoms with E-state index in [9.17, 15) is 23.1 Å². The maximum atomic E-state index is 12.8. The van der Waals surface area contributed by atoms with Crippen LogP contribution in [0.15, 0.2) is 35.2 Å². The number of hydrogen-bond donors (Lipinski definition) is 2. The molecule has 2 heterocycles. The molecule has 0 spiro atoms. The van der Waals surface area contributed by atoms with E-state index < -0.39 is 21.9 Å². The third-order valence-corrected chi connectivity index (χ3v) is 7.29. The van der Waals surface area contributed by atoms with Gasteiger partial charge in [-0.3, -0.25) is 4.79 Å². The third-order valence-electron chi connectivity index (χ3n) is 4.09. The van der Waals surface area contributed by atoms with E-state index in [1.807, 2.05) is 0 Å². The molecule has 27 heavy (non-hydrogen) atoms. The van der Waals surface area contributed by atoms with Crippen LogP contribution < -0.4 is 5.32 Å². The third kappa shape index (κ3) is 4.03. The summed E-state index contributed by atoms with van der Waals surface area (Å²) >= 11 is 1.05. The lowest BCUT2D eigenvalue weighted by Crippen LogP contribution is -2.40. The zero-order chi connectivity index (χ0) is 19.6. The van der Waals surface area contributed by atoms with Gasteiger partial charge in [-0.05, 0) is 25.1 Å². The van der Waals surface area contributed by atoms with Crippen LogP contribution in [0.1, 0.15) is 24.9 Å². The van der Waals surface area contributed by atoms with Gasteiger partial charge in [0.25, 0.3) is 5.91 Å². The summed E-state index contributed by atoms with van der Waals surface area (Å²) < 4.78 is 32.2. The Labute approximate surface area is 160 Å². The number of aromatic carboxylic acids is 1. The number of nitrogens with zero attached hydrogens (tertiary/aromatic N) is 1. The number of sulfonamides is 1. The summed E-state index contributed by atoms with van der Waals surface area (Å²) in [4.78, 5) is 24.6. The fourth-order valence-corrected chi connectivity index (χ4v) is 5.59. The molecule has 0 radical (unpaired) electrons. The van der Waals surface area contributed by atoms with E-state index in [-0.39, 0.29) is 34.1 Å². The number of para-hydroxylation sites is 1. The molecule has 0 unspecified atom stereocenters. The van der Waals surface area contributed by atoms with Gasteiger partial charge in [-0.1, -0.05) is 12.1 Å². The largest absolute Gasteiger partial charge is 0.478 e. The fourth-order valence-electron chi connectivity index (χ4n) is 2.72. The van der Waals surface area contributed by atoms with Crippen molar-refractivity contribution in [3.63, 3.8) is 0 Å². The molecule has 1 saturated heterocycles. The Bertz CT molecular complexity index is 977. The van der Waals surface area contributed by atoms with Gasteiger partial charge in [-0.25, -0.2) is 13.2 Å². The monoisotopic (exact) mass is 410 g/mol. The molecule has 1 fully saturated rings. The number of amides is 1. The number of benzene rings is 1. The molecular formula is C17H18N2O6S2. The summed E-state index contributed by atoms with van der Waals surface area (Å²) in [6.45, 7) is 2.85. The molecule has 144 valence electrons. The van der Waals surface area contributed by atoms with Crippen molar-refractivity contribution < 1.29 is 27.9 Å². The molecule has 0 aliphatic carbocycles. The van der Waals surface area contributed by atoms with Gasteiger partial charge in [0, 0.05) is 18.0 Å². The molecule has 2 N–H and O–H groups in total. The fraction of sp³-hybridized carbons (Fsp3) is 0.294. The number of carbonyl (C=O) groups excluding carboxylic acids is 1. The van der Waals surface area contributed by atoms with Crippen LogP contribution in [0.5, 0.6) is 0 Å². The van der Waals surface area contributed by atoms with Crippen molar-refractivity contribution in [2.45, 2.75) is 11.8 Å². The highest BCUT2D eigenvalue weighted by Gasteiger charge is 2.30. The van der Waals surface area contributed by atoms with Crippen LogP contribution in [0.25, 0.3) is 0 Å². The molecule has 1 aliphatic heterocycles. The van der Waals surface area contributed by atoms with E-state index in [1.54, 1.807) is 19.1 Å². The lowest BCUT2D eigenvalue weighted by Gasteiger charge is -2.25. The van der Waals surface area contributed by atoms with Gasteiger partial charge in [0.1, 0.15) is 0 Å². The number of morpholine rings is 1. The number of rotatable bonds is 5. The minimum Gasteiger partial charge on any atom is -0.478 e. The predicted molar refractivity (Wildman–Crippen MR) is 100.0 cm³/mol. The zero-order valence-electron chi connectivity index (χ0n) is 14.5. The van der Waals surface area contributed by atoms with Gasteiger partial charge in [0.15, 0.2) is 0 Å². The SMILES string of the molecule is Cc1sc(C(=O)Nc2ccccc2C(=O)O)cc1S(=O)(=O)N1CCOCC1. The van der Waals surface area contributed by atoms with Crippen LogP contribution >= 0.6 is 11.3 Å². The van der Waals surface area contributed by atoms with Crippen molar-refractivity contribution in [1.82, 2.24) is 4.31 Å². The van der Waals surface area contributed by atoms with Gasteiger partial charge < -0.3 is 15.2 Å². The van der Waals surface area contributed by atoms with Gasteiger partial charge in [-0.15, -0.1) is 11.3 Å². The molecule has 0 atom stereocenters. The van der Waals surface area contributed by atoms with Gasteiger partial charge in [0.05, 0.1) is 34.2 Å². The van der Waals surface area contributed by atoms with Gasteiger partial charge in [-0.2, -0.15) is 4.31 Å². The topological polar surface area (TPSA) is 113 Å². The average Bonchev–Trinajstić information content (AvgIpc) is 3.05. The number of carboxylic acids is 1. The summed E-state index contributed by atoms with van der Waals surface area (Å²) in [5.41, 5.74) is 0.110. The minimum atomic E-state index is -3.71. The van der Waals surface area contributed by atoms with E-state index in [4.69, 9.17) is 4.74 Å². The summed E-state index contributed by atoms with van der Waals surface area (Å²) in [5.74, 6) is -1.72. The minimum absolute atomic E-state index is 0.0414. The number of thiophene rings is 1. The molecule has 2 aromatic rings. The van der Waals surface area contributed by atoms with Crippen LogP contribution in [0.3, 0.4) is 0 Å². The quantitative estimate of drug-likeness (QED) is 0.780. The van der Waals surface area contributed by atoms with Crippen LogP contribution in [-0.4, -0.2) is 56.0 Å². The number of carboxylic acid groups (broad SMARTS) is 1. The Morgan fingerprint density at radius 3 is 2.56 bits per heavy atom. The highest BCUT2D eigenvalue weighted by atomic mass is 32.2. The van der Waals surface area contributed by atoms with Gasteiger partial charge in [0.2, 0.25) is 10.0 Å². The lowest BCUT2D eigenvalue weighted by molar-refractivity contribution is 0.0698. The van der Waals surface area contributed by atoms with Crippen LogP contribution in [0, 0.1) is 6.92 Å². The Morgan fingerprint density at radius 2 is 1.89 bits per heavy atom. The molecule has 0 bridgehead atoms. The Morgan fingerprint density at radius 1 is 1.22 bits per heavy atom. The summed E-state index contributed by atoms with van der Waals surface area (Å²) in [7, 11) is -3.71. The van der Waals surface area contributed by atoms with Crippen molar-refractivity contribution in [1.29, 1.82) is 0 Å². The molecule has 1 aromatic heterocycles. The first-order chi connectivity index (χ1) is 12.8. The van der Waals surface area contributed by atoms with Crippen LogP contribution in [0.4, 0.5) is 5.69 Å². The maximum absolute atomic E-state index is 12.8. The normalized spacial score (nSPS) is 15.4. The molecular weight excluding hydrogens is 392 g/mol. The second-order valence-electron chi connectivity index (χ2n) is 5.85. The van der Waals surface area contributed by atoms with E-state index in [0.717, 1.165) is 11.3 Å². The number of carbonyl (C=O) groups is 2. The van der Waals surface area contributed by atoms with E-state index in [1.165, 1.54) is 22.5 Å².